The molecule has 0 unspecified atom stereocenters. The molecule has 1 aromatic carbocycles. The van der Waals surface area contributed by atoms with Gasteiger partial charge in [-0.15, -0.1) is 0 Å². The number of aromatic nitrogens is 2. The van der Waals surface area contributed by atoms with Crippen LogP contribution in [0.1, 0.15) is 5.69 Å². The zero-order chi connectivity index (χ0) is 13.4. The highest BCUT2D eigenvalue weighted by molar-refractivity contribution is 5.47. The molecule has 7 heteroatoms. The number of anilines is 1. The minimum Gasteiger partial charge on any atom is -0.393 e. The van der Waals surface area contributed by atoms with Crippen molar-refractivity contribution in [1.29, 1.82) is 0 Å². The molecule has 94 valence electrons. The maximum atomic E-state index is 11.9. The monoisotopic (exact) mass is 248 g/mol. The lowest BCUT2D eigenvalue weighted by Crippen LogP contribution is -2.20. The summed E-state index contributed by atoms with van der Waals surface area (Å²) < 4.78 is 2.87. The third-order valence-corrected chi connectivity index (χ3v) is 2.88. The zero-order valence-electron chi connectivity index (χ0n) is 9.95. The van der Waals surface area contributed by atoms with Crippen molar-refractivity contribution >= 4 is 11.4 Å². The lowest BCUT2D eigenvalue weighted by Gasteiger charge is -2.07. The Balaban J connectivity index is 2.70. The van der Waals surface area contributed by atoms with Gasteiger partial charge in [-0.3, -0.25) is 19.6 Å². The molecule has 0 spiro atoms. The highest BCUT2D eigenvalue weighted by Crippen LogP contribution is 2.17. The van der Waals surface area contributed by atoms with Gasteiger partial charge in [0.15, 0.2) is 0 Å². The molecule has 0 aliphatic heterocycles. The molecular weight excluding hydrogens is 236 g/mol. The van der Waals surface area contributed by atoms with Crippen molar-refractivity contribution in [2.45, 2.75) is 6.92 Å². The lowest BCUT2D eigenvalue weighted by molar-refractivity contribution is -0.384. The fourth-order valence-corrected chi connectivity index (χ4v) is 1.76. The van der Waals surface area contributed by atoms with Crippen molar-refractivity contribution in [1.82, 2.24) is 9.36 Å². The van der Waals surface area contributed by atoms with E-state index >= 15 is 0 Å². The van der Waals surface area contributed by atoms with Crippen molar-refractivity contribution < 1.29 is 4.92 Å². The van der Waals surface area contributed by atoms with Crippen LogP contribution in [0.25, 0.3) is 5.69 Å². The maximum Gasteiger partial charge on any atom is 0.294 e. The second-order valence-electron chi connectivity index (χ2n) is 3.92. The molecular formula is C11H12N4O3. The van der Waals surface area contributed by atoms with Crippen LogP contribution in [0.2, 0.25) is 0 Å². The maximum absolute atomic E-state index is 11.9. The summed E-state index contributed by atoms with van der Waals surface area (Å²) in [6.07, 6.45) is 0. The Bertz CT molecular complexity index is 684. The van der Waals surface area contributed by atoms with E-state index in [1.807, 2.05) is 0 Å². The van der Waals surface area contributed by atoms with Gasteiger partial charge in [-0.05, 0) is 13.0 Å². The van der Waals surface area contributed by atoms with E-state index in [1.165, 1.54) is 22.9 Å². The topological polar surface area (TPSA) is 96.1 Å². The van der Waals surface area contributed by atoms with Crippen LogP contribution in [0, 0.1) is 17.0 Å². The number of nitro benzene ring substituents is 1. The van der Waals surface area contributed by atoms with E-state index in [0.717, 1.165) is 0 Å². The number of hydrogen-bond donors (Lipinski definition) is 1. The predicted molar refractivity (Wildman–Crippen MR) is 66.8 cm³/mol. The van der Waals surface area contributed by atoms with E-state index in [1.54, 1.807) is 24.7 Å². The highest BCUT2D eigenvalue weighted by atomic mass is 16.6. The molecule has 1 aromatic heterocycles. The number of nitrogens with zero attached hydrogens (tertiary/aromatic N) is 3. The minimum absolute atomic E-state index is 0.0724. The second kappa shape index (κ2) is 4.02. The molecule has 0 bridgehead atoms. The molecule has 7 nitrogen and oxygen atoms in total. The molecule has 0 fully saturated rings. The van der Waals surface area contributed by atoms with Gasteiger partial charge in [0, 0.05) is 19.2 Å². The Morgan fingerprint density at radius 1 is 1.39 bits per heavy atom. The Hall–Kier alpha value is -2.57. The molecule has 0 aliphatic rings. The summed E-state index contributed by atoms with van der Waals surface area (Å²) in [5, 5.41) is 10.7. The van der Waals surface area contributed by atoms with Crippen molar-refractivity contribution in [3.63, 3.8) is 0 Å². The van der Waals surface area contributed by atoms with Crippen LogP contribution in [0.4, 0.5) is 11.4 Å². The summed E-state index contributed by atoms with van der Waals surface area (Å²) in [6, 6.07) is 5.85. The first kappa shape index (κ1) is 11.9. The molecule has 18 heavy (non-hydrogen) atoms. The van der Waals surface area contributed by atoms with Crippen molar-refractivity contribution in [3.05, 3.63) is 50.4 Å². The molecule has 2 aromatic rings. The summed E-state index contributed by atoms with van der Waals surface area (Å²) in [5.41, 5.74) is 6.37. The van der Waals surface area contributed by atoms with Gasteiger partial charge in [-0.25, -0.2) is 4.68 Å². The Morgan fingerprint density at radius 3 is 2.56 bits per heavy atom. The molecule has 0 saturated carbocycles. The van der Waals surface area contributed by atoms with Gasteiger partial charge in [0.05, 0.1) is 16.3 Å². The van der Waals surface area contributed by atoms with E-state index in [4.69, 9.17) is 5.73 Å². The van der Waals surface area contributed by atoms with Gasteiger partial charge in [-0.2, -0.15) is 0 Å². The lowest BCUT2D eigenvalue weighted by atomic mass is 10.3. The number of benzene rings is 1. The average molecular weight is 248 g/mol. The molecule has 0 saturated heterocycles. The largest absolute Gasteiger partial charge is 0.393 e. The fourth-order valence-electron chi connectivity index (χ4n) is 1.76. The SMILES string of the molecule is Cc1c(N)c(=O)n(-c2cccc([N+](=O)[O-])c2)n1C. The number of nitrogen functional groups attached to an aromatic ring is 1. The molecule has 2 rings (SSSR count). The number of non-ortho nitro benzene ring substituents is 1. The quantitative estimate of drug-likeness (QED) is 0.632. The van der Waals surface area contributed by atoms with Crippen LogP contribution < -0.4 is 11.3 Å². The van der Waals surface area contributed by atoms with Gasteiger partial charge < -0.3 is 5.73 Å². The second-order valence-corrected chi connectivity index (χ2v) is 3.92. The Morgan fingerprint density at radius 2 is 2.06 bits per heavy atom. The smallest absolute Gasteiger partial charge is 0.294 e. The van der Waals surface area contributed by atoms with Gasteiger partial charge in [0.2, 0.25) is 0 Å². The first-order chi connectivity index (χ1) is 8.43. The number of nitro groups is 1. The predicted octanol–water partition coefficient (Wildman–Crippen LogP) is 0.975. The summed E-state index contributed by atoms with van der Waals surface area (Å²) in [5.74, 6) is 0. The van der Waals surface area contributed by atoms with Crippen LogP contribution in [-0.2, 0) is 7.05 Å². The van der Waals surface area contributed by atoms with Crippen LogP contribution in [0.3, 0.4) is 0 Å². The van der Waals surface area contributed by atoms with E-state index in [-0.39, 0.29) is 16.9 Å². The standard InChI is InChI=1S/C11H12N4O3/c1-7-10(12)11(16)14(13(7)2)8-4-3-5-9(6-8)15(17)18/h3-6H,12H2,1-2H3. The zero-order valence-corrected chi connectivity index (χ0v) is 9.95. The van der Waals surface area contributed by atoms with E-state index < -0.39 is 4.92 Å². The van der Waals surface area contributed by atoms with Crippen LogP contribution in [0.15, 0.2) is 29.1 Å². The first-order valence-corrected chi connectivity index (χ1v) is 5.22. The average Bonchev–Trinajstić information content (AvgIpc) is 2.54. The third kappa shape index (κ3) is 1.65. The molecule has 1 heterocycles. The van der Waals surface area contributed by atoms with Gasteiger partial charge in [-0.1, -0.05) is 6.07 Å². The molecule has 2 N–H and O–H groups in total. The molecule has 0 atom stereocenters. The first-order valence-electron chi connectivity index (χ1n) is 5.22. The van der Waals surface area contributed by atoms with Crippen molar-refractivity contribution in [2.24, 2.45) is 7.05 Å². The summed E-state index contributed by atoms with van der Waals surface area (Å²) >= 11 is 0. The number of hydrogen-bond acceptors (Lipinski definition) is 4. The van der Waals surface area contributed by atoms with E-state index in [9.17, 15) is 14.9 Å². The van der Waals surface area contributed by atoms with Crippen LogP contribution in [0.5, 0.6) is 0 Å². The molecule has 0 radical (unpaired) electrons. The van der Waals surface area contributed by atoms with Crippen LogP contribution in [-0.4, -0.2) is 14.3 Å². The van der Waals surface area contributed by atoms with E-state index in [0.29, 0.717) is 11.4 Å². The summed E-state index contributed by atoms with van der Waals surface area (Å²) in [6.45, 7) is 1.71. The number of nitrogens with two attached hydrogens (primary N) is 1. The Kier molecular flexibility index (Phi) is 2.66. The van der Waals surface area contributed by atoms with Gasteiger partial charge >= 0.3 is 0 Å². The third-order valence-electron chi connectivity index (χ3n) is 2.88. The molecule has 0 aliphatic carbocycles. The fraction of sp³-hybridized carbons (Fsp3) is 0.182. The van der Waals surface area contributed by atoms with Crippen LogP contribution >= 0.6 is 0 Å². The normalized spacial score (nSPS) is 10.6. The van der Waals surface area contributed by atoms with Gasteiger partial charge in [0.1, 0.15) is 5.69 Å². The minimum atomic E-state index is -0.506. The van der Waals surface area contributed by atoms with E-state index in [2.05, 4.69) is 0 Å². The van der Waals surface area contributed by atoms with Crippen molar-refractivity contribution in [2.75, 3.05) is 5.73 Å². The molecule has 0 amide bonds. The number of rotatable bonds is 2. The summed E-state index contributed by atoms with van der Waals surface area (Å²) in [7, 11) is 1.67. The van der Waals surface area contributed by atoms with Crippen molar-refractivity contribution in [3.8, 4) is 5.69 Å². The van der Waals surface area contributed by atoms with Gasteiger partial charge in [0.25, 0.3) is 11.2 Å². The highest BCUT2D eigenvalue weighted by Gasteiger charge is 2.15. The Labute approximate surface area is 102 Å². The summed E-state index contributed by atoms with van der Waals surface area (Å²) in [4.78, 5) is 22.1.